The van der Waals surface area contributed by atoms with Crippen LogP contribution in [0.5, 0.6) is 0 Å². The third-order valence-electron chi connectivity index (χ3n) is 5.40. The van der Waals surface area contributed by atoms with Crippen molar-refractivity contribution in [3.63, 3.8) is 0 Å². The zero-order valence-corrected chi connectivity index (χ0v) is 18.5. The molecule has 5 rings (SSSR count). The van der Waals surface area contributed by atoms with E-state index in [-0.39, 0.29) is 11.5 Å². The Bertz CT molecular complexity index is 1560. The maximum absolute atomic E-state index is 13.6. The highest BCUT2D eigenvalue weighted by Crippen LogP contribution is 2.25. The molecule has 1 amide bonds. The van der Waals surface area contributed by atoms with Crippen molar-refractivity contribution in [1.29, 1.82) is 0 Å². The number of hydrogen-bond acceptors (Lipinski definition) is 5. The van der Waals surface area contributed by atoms with Crippen LogP contribution in [0.15, 0.2) is 96.2 Å². The summed E-state index contributed by atoms with van der Waals surface area (Å²) in [5.41, 5.74) is 5.46. The first-order chi connectivity index (χ1) is 16.6. The molecule has 0 spiro atoms. The van der Waals surface area contributed by atoms with Crippen molar-refractivity contribution in [3.8, 4) is 16.8 Å². The van der Waals surface area contributed by atoms with Gasteiger partial charge in [0.15, 0.2) is 5.65 Å². The predicted molar refractivity (Wildman–Crippen MR) is 132 cm³/mol. The fraction of sp³-hybridized carbons (Fsp3) is 0.0741. The molecule has 1 N–H and O–H groups in total. The zero-order chi connectivity index (χ0) is 23.5. The number of rotatable bonds is 5. The number of hydrogen-bond donors (Lipinski definition) is 1. The van der Waals surface area contributed by atoms with Crippen LogP contribution in [0, 0.1) is 0 Å². The standard InChI is InChI=1S/C27H21N5O2/c1-18(33)30-22-9-2-7-20(15-22)21-8-3-10-23(16-21)32-26-24(11-5-13-29-26)31-25(27(32)34)14-19-6-4-12-28-17-19/h2-13,15-17H,14H2,1H3,(H,30,33). The number of carbonyl (C=O) groups is 1. The summed E-state index contributed by atoms with van der Waals surface area (Å²) >= 11 is 0. The molecule has 2 aromatic carbocycles. The molecular weight excluding hydrogens is 426 g/mol. The van der Waals surface area contributed by atoms with Gasteiger partial charge in [-0.1, -0.05) is 30.3 Å². The fourth-order valence-electron chi connectivity index (χ4n) is 3.92. The normalized spacial score (nSPS) is 10.9. The molecule has 3 aromatic heterocycles. The smallest absolute Gasteiger partial charge is 0.278 e. The highest BCUT2D eigenvalue weighted by Gasteiger charge is 2.15. The van der Waals surface area contributed by atoms with Gasteiger partial charge in [-0.25, -0.2) is 9.97 Å². The first kappa shape index (κ1) is 21.2. The fourth-order valence-corrected chi connectivity index (χ4v) is 3.92. The summed E-state index contributed by atoms with van der Waals surface area (Å²) in [4.78, 5) is 38.3. The minimum absolute atomic E-state index is 0.132. The molecule has 0 atom stereocenters. The lowest BCUT2D eigenvalue weighted by Gasteiger charge is -2.13. The average Bonchev–Trinajstić information content (AvgIpc) is 2.85. The van der Waals surface area contributed by atoms with Crippen LogP contribution < -0.4 is 10.9 Å². The van der Waals surface area contributed by atoms with Crippen molar-refractivity contribution in [2.24, 2.45) is 0 Å². The molecule has 7 heteroatoms. The van der Waals surface area contributed by atoms with Gasteiger partial charge in [-0.05, 0) is 59.2 Å². The summed E-state index contributed by atoms with van der Waals surface area (Å²) in [5, 5.41) is 2.81. The predicted octanol–water partition coefficient (Wildman–Crippen LogP) is 4.39. The van der Waals surface area contributed by atoms with E-state index in [4.69, 9.17) is 0 Å². The Balaban J connectivity index is 1.64. The van der Waals surface area contributed by atoms with Crippen LogP contribution in [0.4, 0.5) is 5.69 Å². The average molecular weight is 447 g/mol. The molecular formula is C27H21N5O2. The molecule has 0 aliphatic heterocycles. The Morgan fingerprint density at radius 3 is 2.53 bits per heavy atom. The van der Waals surface area contributed by atoms with E-state index in [2.05, 4.69) is 20.3 Å². The number of aromatic nitrogens is 4. The van der Waals surface area contributed by atoms with E-state index < -0.39 is 0 Å². The van der Waals surface area contributed by atoms with Crippen molar-refractivity contribution < 1.29 is 4.79 Å². The van der Waals surface area contributed by atoms with Crippen LogP contribution in [0.2, 0.25) is 0 Å². The zero-order valence-electron chi connectivity index (χ0n) is 18.5. The minimum atomic E-state index is -0.223. The number of pyridine rings is 2. The third kappa shape index (κ3) is 4.31. The van der Waals surface area contributed by atoms with Gasteiger partial charge in [0.05, 0.1) is 5.69 Å². The van der Waals surface area contributed by atoms with Gasteiger partial charge >= 0.3 is 0 Å². The van der Waals surface area contributed by atoms with Crippen LogP contribution in [-0.4, -0.2) is 25.4 Å². The summed E-state index contributed by atoms with van der Waals surface area (Å²) in [5.74, 6) is -0.132. The van der Waals surface area contributed by atoms with E-state index in [0.29, 0.717) is 34.7 Å². The van der Waals surface area contributed by atoms with Gasteiger partial charge in [0.25, 0.3) is 5.56 Å². The van der Waals surface area contributed by atoms with E-state index in [1.54, 1.807) is 23.2 Å². The molecule has 5 aromatic rings. The first-order valence-corrected chi connectivity index (χ1v) is 10.8. The summed E-state index contributed by atoms with van der Waals surface area (Å²) in [6.45, 7) is 1.48. The first-order valence-electron chi connectivity index (χ1n) is 10.8. The monoisotopic (exact) mass is 447 g/mol. The van der Waals surface area contributed by atoms with Gasteiger partial charge in [0, 0.05) is 37.6 Å². The van der Waals surface area contributed by atoms with Gasteiger partial charge in [-0.2, -0.15) is 0 Å². The summed E-state index contributed by atoms with van der Waals surface area (Å²) in [6.07, 6.45) is 5.46. The Labute approximate surface area is 195 Å². The van der Waals surface area contributed by atoms with Gasteiger partial charge in [-0.15, -0.1) is 0 Å². The largest absolute Gasteiger partial charge is 0.326 e. The number of carbonyl (C=O) groups excluding carboxylic acids is 1. The molecule has 166 valence electrons. The molecule has 0 aliphatic carbocycles. The number of benzene rings is 2. The second kappa shape index (κ2) is 9.07. The highest BCUT2D eigenvalue weighted by molar-refractivity contribution is 5.89. The molecule has 0 aliphatic rings. The van der Waals surface area contributed by atoms with E-state index in [1.807, 2.05) is 72.8 Å². The minimum Gasteiger partial charge on any atom is -0.326 e. The number of anilines is 1. The lowest BCUT2D eigenvalue weighted by atomic mass is 10.0. The SMILES string of the molecule is CC(=O)Nc1cccc(-c2cccc(-n3c(=O)c(Cc4cccnc4)nc4cccnc43)c2)c1. The summed E-state index contributed by atoms with van der Waals surface area (Å²) < 4.78 is 1.61. The number of fused-ring (bicyclic) bond motifs is 1. The lowest BCUT2D eigenvalue weighted by Crippen LogP contribution is -2.25. The van der Waals surface area contributed by atoms with Crippen LogP contribution >= 0.6 is 0 Å². The van der Waals surface area contributed by atoms with Crippen molar-refractivity contribution >= 4 is 22.8 Å². The van der Waals surface area contributed by atoms with E-state index in [0.717, 1.165) is 16.7 Å². The second-order valence-electron chi connectivity index (χ2n) is 7.90. The van der Waals surface area contributed by atoms with Crippen LogP contribution in [0.1, 0.15) is 18.2 Å². The molecule has 0 unspecified atom stereocenters. The van der Waals surface area contributed by atoms with Crippen LogP contribution in [0.25, 0.3) is 28.0 Å². The molecule has 7 nitrogen and oxygen atoms in total. The lowest BCUT2D eigenvalue weighted by molar-refractivity contribution is -0.114. The Kier molecular flexibility index (Phi) is 5.66. The Morgan fingerprint density at radius 2 is 1.74 bits per heavy atom. The quantitative estimate of drug-likeness (QED) is 0.432. The Hall–Kier alpha value is -4.65. The van der Waals surface area contributed by atoms with Crippen molar-refractivity contribution in [2.75, 3.05) is 5.32 Å². The second-order valence-corrected chi connectivity index (χ2v) is 7.90. The van der Waals surface area contributed by atoms with Crippen molar-refractivity contribution in [2.45, 2.75) is 13.3 Å². The molecule has 34 heavy (non-hydrogen) atoms. The molecule has 0 fully saturated rings. The van der Waals surface area contributed by atoms with E-state index >= 15 is 0 Å². The summed E-state index contributed by atoms with van der Waals surface area (Å²) in [6, 6.07) is 22.7. The summed E-state index contributed by atoms with van der Waals surface area (Å²) in [7, 11) is 0. The van der Waals surface area contributed by atoms with Crippen molar-refractivity contribution in [3.05, 3.63) is 113 Å². The maximum Gasteiger partial charge on any atom is 0.278 e. The number of amides is 1. The van der Waals surface area contributed by atoms with Gasteiger partial charge < -0.3 is 5.32 Å². The number of nitrogens with zero attached hydrogens (tertiary/aromatic N) is 4. The highest BCUT2D eigenvalue weighted by atomic mass is 16.1. The van der Waals surface area contributed by atoms with Gasteiger partial charge in [-0.3, -0.25) is 19.1 Å². The topological polar surface area (TPSA) is 89.8 Å². The molecule has 0 saturated carbocycles. The van der Waals surface area contributed by atoms with Crippen LogP contribution in [-0.2, 0) is 11.2 Å². The third-order valence-corrected chi connectivity index (χ3v) is 5.40. The van der Waals surface area contributed by atoms with E-state index in [1.165, 1.54) is 6.92 Å². The molecule has 0 saturated heterocycles. The van der Waals surface area contributed by atoms with Crippen molar-refractivity contribution in [1.82, 2.24) is 19.5 Å². The molecule has 0 radical (unpaired) electrons. The molecule has 0 bridgehead atoms. The maximum atomic E-state index is 13.6. The van der Waals surface area contributed by atoms with Gasteiger partial charge in [0.2, 0.25) is 5.91 Å². The van der Waals surface area contributed by atoms with Gasteiger partial charge in [0.1, 0.15) is 11.2 Å². The van der Waals surface area contributed by atoms with E-state index in [9.17, 15) is 9.59 Å². The number of nitrogens with one attached hydrogen (secondary N) is 1. The van der Waals surface area contributed by atoms with Crippen LogP contribution in [0.3, 0.4) is 0 Å². The molecule has 3 heterocycles. The Morgan fingerprint density at radius 1 is 0.941 bits per heavy atom.